The lowest BCUT2D eigenvalue weighted by molar-refractivity contribution is -0.119. The number of carbonyl (C=O) groups is 4. The predicted octanol–water partition coefficient (Wildman–Crippen LogP) is 3.53. The molecule has 1 aliphatic rings. The van der Waals surface area contributed by atoms with Gasteiger partial charge in [-0.05, 0) is 55.8 Å². The van der Waals surface area contributed by atoms with Crippen molar-refractivity contribution in [3.05, 3.63) is 64.2 Å². The van der Waals surface area contributed by atoms with Crippen molar-refractivity contribution < 1.29 is 23.9 Å². The number of hydrogen-bond donors (Lipinski definition) is 1. The maximum absolute atomic E-state index is 12.6. The van der Waals surface area contributed by atoms with Crippen LogP contribution in [0.2, 0.25) is 5.02 Å². The van der Waals surface area contributed by atoms with E-state index in [1.165, 1.54) is 23.1 Å². The molecule has 150 valence electrons. The summed E-state index contributed by atoms with van der Waals surface area (Å²) in [6.07, 6.45) is 0.628. The van der Waals surface area contributed by atoms with Gasteiger partial charge >= 0.3 is 5.97 Å². The predicted molar refractivity (Wildman–Crippen MR) is 107 cm³/mol. The molecule has 3 rings (SSSR count). The van der Waals surface area contributed by atoms with Crippen LogP contribution in [0.5, 0.6) is 0 Å². The van der Waals surface area contributed by atoms with Gasteiger partial charge in [0.2, 0.25) is 0 Å². The monoisotopic (exact) mass is 414 g/mol. The van der Waals surface area contributed by atoms with Crippen molar-refractivity contribution in [3.8, 4) is 0 Å². The first-order valence-electron chi connectivity index (χ1n) is 9.06. The number of anilines is 1. The van der Waals surface area contributed by atoms with Crippen molar-refractivity contribution >= 4 is 41.0 Å². The third-order valence-corrected chi connectivity index (χ3v) is 4.90. The molecule has 29 heavy (non-hydrogen) atoms. The normalized spacial score (nSPS) is 13.8. The van der Waals surface area contributed by atoms with Crippen LogP contribution in [-0.4, -0.2) is 41.2 Å². The molecule has 1 aliphatic heterocycles. The standard InChI is InChI=1S/C21H19ClN2O5/c1-3-12(2)24-19(26)16-9-4-13(10-17(16)20(24)27)21(28)29-11-18(25)23-15-7-5-14(22)6-8-15/h4-10,12H,3,11H2,1-2H3,(H,23,25)/t12-/m0/s1. The van der Waals surface area contributed by atoms with Crippen molar-refractivity contribution in [2.75, 3.05) is 11.9 Å². The summed E-state index contributed by atoms with van der Waals surface area (Å²) in [6.45, 7) is 3.17. The molecule has 2 aromatic carbocycles. The number of benzene rings is 2. The van der Waals surface area contributed by atoms with Crippen LogP contribution in [0, 0.1) is 0 Å². The fourth-order valence-electron chi connectivity index (χ4n) is 2.91. The van der Waals surface area contributed by atoms with E-state index in [0.717, 1.165) is 0 Å². The number of fused-ring (bicyclic) bond motifs is 1. The Balaban J connectivity index is 1.65. The molecule has 0 spiro atoms. The summed E-state index contributed by atoms with van der Waals surface area (Å²) < 4.78 is 5.02. The van der Waals surface area contributed by atoms with Crippen molar-refractivity contribution in [1.82, 2.24) is 4.90 Å². The minimum absolute atomic E-state index is 0.0928. The highest BCUT2D eigenvalue weighted by Crippen LogP contribution is 2.26. The zero-order chi connectivity index (χ0) is 21.1. The Bertz CT molecular complexity index is 987. The second kappa shape index (κ2) is 8.45. The number of imide groups is 1. The van der Waals surface area contributed by atoms with Gasteiger partial charge in [-0.1, -0.05) is 18.5 Å². The lowest BCUT2D eigenvalue weighted by atomic mass is 10.1. The van der Waals surface area contributed by atoms with E-state index in [0.29, 0.717) is 17.1 Å². The number of carbonyl (C=O) groups excluding carboxylic acids is 4. The first-order valence-corrected chi connectivity index (χ1v) is 9.44. The van der Waals surface area contributed by atoms with Crippen LogP contribution in [-0.2, 0) is 9.53 Å². The summed E-state index contributed by atoms with van der Waals surface area (Å²) in [4.78, 5) is 50.4. The average molecular weight is 415 g/mol. The van der Waals surface area contributed by atoms with Gasteiger partial charge < -0.3 is 10.1 Å². The Labute approximate surface area is 172 Å². The van der Waals surface area contributed by atoms with Gasteiger partial charge in [-0.25, -0.2) is 4.79 Å². The van der Waals surface area contributed by atoms with Crippen LogP contribution in [0.25, 0.3) is 0 Å². The largest absolute Gasteiger partial charge is 0.452 e. The molecule has 0 fully saturated rings. The van der Waals surface area contributed by atoms with Gasteiger partial charge in [0.05, 0.1) is 16.7 Å². The van der Waals surface area contributed by atoms with Gasteiger partial charge in [-0.3, -0.25) is 19.3 Å². The Morgan fingerprint density at radius 2 is 1.72 bits per heavy atom. The van der Waals surface area contributed by atoms with Gasteiger partial charge in [0.15, 0.2) is 6.61 Å². The molecule has 2 aromatic rings. The molecule has 0 aliphatic carbocycles. The van der Waals surface area contributed by atoms with Gasteiger partial charge in [-0.15, -0.1) is 0 Å². The summed E-state index contributed by atoms with van der Waals surface area (Å²) in [5.74, 6) is -2.09. The van der Waals surface area contributed by atoms with E-state index < -0.39 is 24.4 Å². The van der Waals surface area contributed by atoms with Crippen molar-refractivity contribution in [2.24, 2.45) is 0 Å². The van der Waals surface area contributed by atoms with Crippen molar-refractivity contribution in [3.63, 3.8) is 0 Å². The van der Waals surface area contributed by atoms with E-state index in [9.17, 15) is 19.2 Å². The zero-order valence-electron chi connectivity index (χ0n) is 15.9. The Kier molecular flexibility index (Phi) is 5.98. The molecule has 1 atom stereocenters. The van der Waals surface area contributed by atoms with E-state index in [4.69, 9.17) is 16.3 Å². The molecule has 7 nitrogen and oxygen atoms in total. The molecule has 0 unspecified atom stereocenters. The van der Waals surface area contributed by atoms with Crippen LogP contribution < -0.4 is 5.32 Å². The number of rotatable bonds is 6. The highest BCUT2D eigenvalue weighted by molar-refractivity contribution is 6.30. The maximum atomic E-state index is 12.6. The highest BCUT2D eigenvalue weighted by atomic mass is 35.5. The van der Waals surface area contributed by atoms with E-state index in [-0.39, 0.29) is 28.6 Å². The van der Waals surface area contributed by atoms with Crippen molar-refractivity contribution in [1.29, 1.82) is 0 Å². The zero-order valence-corrected chi connectivity index (χ0v) is 16.7. The number of hydrogen-bond acceptors (Lipinski definition) is 5. The van der Waals surface area contributed by atoms with Crippen LogP contribution in [0.3, 0.4) is 0 Å². The van der Waals surface area contributed by atoms with Gasteiger partial charge in [-0.2, -0.15) is 0 Å². The summed E-state index contributed by atoms with van der Waals surface area (Å²) in [5, 5.41) is 3.11. The molecule has 8 heteroatoms. The molecule has 3 amide bonds. The second-order valence-electron chi connectivity index (χ2n) is 6.63. The molecule has 0 bridgehead atoms. The van der Waals surface area contributed by atoms with E-state index >= 15 is 0 Å². The molecule has 0 saturated carbocycles. The number of nitrogens with one attached hydrogen (secondary N) is 1. The molecular formula is C21H19ClN2O5. The molecule has 0 aromatic heterocycles. The first-order chi connectivity index (χ1) is 13.8. The van der Waals surface area contributed by atoms with Crippen LogP contribution >= 0.6 is 11.6 Å². The molecule has 0 saturated heterocycles. The number of esters is 1. The average Bonchev–Trinajstić information content (AvgIpc) is 2.97. The topological polar surface area (TPSA) is 92.8 Å². The van der Waals surface area contributed by atoms with Crippen LogP contribution in [0.1, 0.15) is 51.3 Å². The summed E-state index contributed by atoms with van der Waals surface area (Å²) in [5.41, 5.74) is 1.03. The third kappa shape index (κ3) is 4.30. The molecule has 0 radical (unpaired) electrons. The minimum Gasteiger partial charge on any atom is -0.452 e. The first kappa shape index (κ1) is 20.5. The third-order valence-electron chi connectivity index (χ3n) is 4.65. The number of ether oxygens (including phenoxy) is 1. The number of amides is 3. The van der Waals surface area contributed by atoms with Gasteiger partial charge in [0.1, 0.15) is 0 Å². The summed E-state index contributed by atoms with van der Waals surface area (Å²) in [7, 11) is 0. The fraction of sp³-hybridized carbons (Fsp3) is 0.238. The van der Waals surface area contributed by atoms with E-state index in [1.54, 1.807) is 31.2 Å². The molecular weight excluding hydrogens is 396 g/mol. The SMILES string of the molecule is CC[C@H](C)N1C(=O)c2ccc(C(=O)OCC(=O)Nc3ccc(Cl)cc3)cc2C1=O. The van der Waals surface area contributed by atoms with E-state index in [2.05, 4.69) is 5.32 Å². The quantitative estimate of drug-likeness (QED) is 0.576. The van der Waals surface area contributed by atoms with E-state index in [1.807, 2.05) is 6.92 Å². The van der Waals surface area contributed by atoms with Crippen LogP contribution in [0.4, 0.5) is 5.69 Å². The number of nitrogens with zero attached hydrogens (tertiary/aromatic N) is 1. The lowest BCUT2D eigenvalue weighted by Gasteiger charge is -2.20. The summed E-state index contributed by atoms with van der Waals surface area (Å²) >= 11 is 5.78. The van der Waals surface area contributed by atoms with Crippen LogP contribution in [0.15, 0.2) is 42.5 Å². The fourth-order valence-corrected chi connectivity index (χ4v) is 3.04. The molecule has 1 N–H and O–H groups in total. The second-order valence-corrected chi connectivity index (χ2v) is 7.07. The summed E-state index contributed by atoms with van der Waals surface area (Å²) in [6, 6.07) is 10.4. The van der Waals surface area contributed by atoms with Crippen molar-refractivity contribution in [2.45, 2.75) is 26.3 Å². The number of halogens is 1. The Hall–Kier alpha value is -3.19. The smallest absolute Gasteiger partial charge is 0.338 e. The lowest BCUT2D eigenvalue weighted by Crippen LogP contribution is -2.37. The van der Waals surface area contributed by atoms with Gasteiger partial charge in [0.25, 0.3) is 17.7 Å². The maximum Gasteiger partial charge on any atom is 0.338 e. The Morgan fingerprint density at radius 3 is 2.38 bits per heavy atom. The molecule has 1 heterocycles. The highest BCUT2D eigenvalue weighted by Gasteiger charge is 2.38. The minimum atomic E-state index is -0.763. The van der Waals surface area contributed by atoms with Gasteiger partial charge in [0, 0.05) is 16.8 Å². The Morgan fingerprint density at radius 1 is 1.07 bits per heavy atom.